The summed E-state index contributed by atoms with van der Waals surface area (Å²) < 4.78 is 52.4. The molecule has 11 heteroatoms. The Kier molecular flexibility index (Phi) is 4.18. The maximum absolute atomic E-state index is 12.7. The second-order valence-corrected chi connectivity index (χ2v) is 9.88. The molecule has 7 nitrogen and oxygen atoms in total. The third-order valence-corrected chi connectivity index (χ3v) is 7.28. The standard InChI is InChI=1S/C21H19ClF3N3O4/c22-12-1-2-14-10(3-12)6-15(30-14)16(29)26-20-7-19(8-20,9-20)18-28-27-17(31-18)11-4-13(5-11)32-21(23,24)25/h1-3,11,13,15H,4-9H2,(H,26,29)/t11?,13?,15-,19?,20?/m0/s1. The summed E-state index contributed by atoms with van der Waals surface area (Å²) in [5, 5.41) is 11.9. The molecule has 1 aromatic heterocycles. The van der Waals surface area contributed by atoms with Gasteiger partial charge in [0.05, 0.1) is 11.5 Å². The van der Waals surface area contributed by atoms with Gasteiger partial charge < -0.3 is 14.5 Å². The molecule has 2 bridgehead atoms. The van der Waals surface area contributed by atoms with Crippen molar-refractivity contribution in [1.82, 2.24) is 15.5 Å². The average Bonchev–Trinajstić information content (AvgIpc) is 3.25. The van der Waals surface area contributed by atoms with Gasteiger partial charge in [0.15, 0.2) is 6.10 Å². The van der Waals surface area contributed by atoms with Crippen LogP contribution in [0.4, 0.5) is 13.2 Å². The molecule has 2 aromatic rings. The van der Waals surface area contributed by atoms with E-state index in [4.69, 9.17) is 20.8 Å². The lowest BCUT2D eigenvalue weighted by Gasteiger charge is -2.68. The van der Waals surface area contributed by atoms with Gasteiger partial charge in [-0.3, -0.25) is 9.53 Å². The molecule has 1 N–H and O–H groups in total. The van der Waals surface area contributed by atoms with Crippen LogP contribution >= 0.6 is 11.6 Å². The minimum atomic E-state index is -4.63. The Morgan fingerprint density at radius 3 is 2.69 bits per heavy atom. The molecule has 1 atom stereocenters. The van der Waals surface area contributed by atoms with E-state index in [2.05, 4.69) is 20.3 Å². The number of alkyl halides is 3. The van der Waals surface area contributed by atoms with Crippen molar-refractivity contribution in [2.75, 3.05) is 0 Å². The lowest BCUT2D eigenvalue weighted by molar-refractivity contribution is -0.352. The molecule has 32 heavy (non-hydrogen) atoms. The summed E-state index contributed by atoms with van der Waals surface area (Å²) in [6.45, 7) is 0. The maximum atomic E-state index is 12.7. The van der Waals surface area contributed by atoms with E-state index in [0.717, 1.165) is 5.56 Å². The zero-order valence-corrected chi connectivity index (χ0v) is 17.5. The van der Waals surface area contributed by atoms with Crippen molar-refractivity contribution in [3.63, 3.8) is 0 Å². The highest BCUT2D eigenvalue weighted by Gasteiger charge is 2.72. The Bertz CT molecular complexity index is 1080. The van der Waals surface area contributed by atoms with E-state index >= 15 is 0 Å². The van der Waals surface area contributed by atoms with Gasteiger partial charge >= 0.3 is 6.36 Å². The average molecular weight is 470 g/mol. The van der Waals surface area contributed by atoms with Crippen LogP contribution in [0.5, 0.6) is 5.75 Å². The number of carbonyl (C=O) groups is 1. The highest BCUT2D eigenvalue weighted by atomic mass is 35.5. The monoisotopic (exact) mass is 469 g/mol. The molecular formula is C21H19ClF3N3O4. The van der Waals surface area contributed by atoms with Gasteiger partial charge in [-0.1, -0.05) is 11.6 Å². The van der Waals surface area contributed by atoms with Crippen LogP contribution in [0, 0.1) is 0 Å². The molecule has 0 unspecified atom stereocenters. The summed E-state index contributed by atoms with van der Waals surface area (Å²) in [6.07, 6.45) is -3.06. The summed E-state index contributed by atoms with van der Waals surface area (Å²) in [5.41, 5.74) is 0.379. The summed E-state index contributed by atoms with van der Waals surface area (Å²) in [5.74, 6) is 1.19. The zero-order chi connectivity index (χ0) is 22.3. The summed E-state index contributed by atoms with van der Waals surface area (Å²) >= 11 is 6.01. The Hall–Kier alpha value is -2.33. The SMILES string of the molecule is O=C(NC12CC(c3nnc(C4CC(OC(F)(F)F)C4)o3)(C1)C2)[C@@H]1Cc2cc(Cl)ccc2O1. The van der Waals surface area contributed by atoms with Crippen LogP contribution in [0.1, 0.15) is 55.4 Å². The van der Waals surface area contributed by atoms with Gasteiger partial charge in [-0.05, 0) is 55.9 Å². The van der Waals surface area contributed by atoms with Crippen LogP contribution in [0.25, 0.3) is 0 Å². The van der Waals surface area contributed by atoms with Gasteiger partial charge in [-0.15, -0.1) is 23.4 Å². The van der Waals surface area contributed by atoms with Crippen LogP contribution in [0.2, 0.25) is 5.02 Å². The second-order valence-electron chi connectivity index (χ2n) is 9.44. The Balaban J connectivity index is 1.02. The third-order valence-electron chi connectivity index (χ3n) is 7.05. The van der Waals surface area contributed by atoms with Crippen molar-refractivity contribution in [2.24, 2.45) is 0 Å². The molecule has 1 amide bonds. The predicted octanol–water partition coefficient (Wildman–Crippen LogP) is 3.80. The van der Waals surface area contributed by atoms with Crippen molar-refractivity contribution in [3.8, 4) is 5.75 Å². The minimum Gasteiger partial charge on any atom is -0.480 e. The van der Waals surface area contributed by atoms with Gasteiger partial charge in [0.2, 0.25) is 11.8 Å². The first-order valence-electron chi connectivity index (χ1n) is 10.5. The van der Waals surface area contributed by atoms with Crippen LogP contribution in [0.3, 0.4) is 0 Å². The topological polar surface area (TPSA) is 86.5 Å². The number of hydrogen-bond donors (Lipinski definition) is 1. The fourth-order valence-electron chi connectivity index (χ4n) is 5.52. The van der Waals surface area contributed by atoms with Crippen molar-refractivity contribution < 1.29 is 31.9 Å². The van der Waals surface area contributed by atoms with Crippen LogP contribution in [-0.4, -0.2) is 40.2 Å². The van der Waals surface area contributed by atoms with Crippen molar-refractivity contribution in [1.29, 1.82) is 0 Å². The van der Waals surface area contributed by atoms with Gasteiger partial charge in [-0.2, -0.15) is 0 Å². The van der Waals surface area contributed by atoms with Gasteiger partial charge in [-0.25, -0.2) is 0 Å². The van der Waals surface area contributed by atoms with E-state index < -0.39 is 18.6 Å². The number of amides is 1. The highest BCUT2D eigenvalue weighted by molar-refractivity contribution is 6.30. The second kappa shape index (κ2) is 6.60. The lowest BCUT2D eigenvalue weighted by Crippen LogP contribution is -2.77. The van der Waals surface area contributed by atoms with E-state index in [1.807, 2.05) is 6.07 Å². The molecule has 4 saturated carbocycles. The molecule has 0 radical (unpaired) electrons. The number of nitrogens with one attached hydrogen (secondary N) is 1. The first kappa shape index (κ1) is 20.3. The number of halogens is 4. The largest absolute Gasteiger partial charge is 0.522 e. The molecule has 4 fully saturated rings. The molecular weight excluding hydrogens is 451 g/mol. The number of benzene rings is 1. The quantitative estimate of drug-likeness (QED) is 0.717. The van der Waals surface area contributed by atoms with Crippen molar-refractivity contribution in [2.45, 2.75) is 74.0 Å². The van der Waals surface area contributed by atoms with Crippen LogP contribution < -0.4 is 10.1 Å². The first-order valence-corrected chi connectivity index (χ1v) is 10.9. The molecule has 4 aliphatic carbocycles. The zero-order valence-electron chi connectivity index (χ0n) is 16.7. The molecule has 0 saturated heterocycles. The van der Waals surface area contributed by atoms with Gasteiger partial charge in [0, 0.05) is 22.9 Å². The third kappa shape index (κ3) is 3.26. The van der Waals surface area contributed by atoms with Gasteiger partial charge in [0.1, 0.15) is 5.75 Å². The predicted molar refractivity (Wildman–Crippen MR) is 103 cm³/mol. The molecule has 170 valence electrons. The summed E-state index contributed by atoms with van der Waals surface area (Å²) in [6, 6.07) is 5.32. The minimum absolute atomic E-state index is 0.151. The van der Waals surface area contributed by atoms with Crippen molar-refractivity contribution in [3.05, 3.63) is 40.6 Å². The van der Waals surface area contributed by atoms with Gasteiger partial charge in [0.25, 0.3) is 5.91 Å². The van der Waals surface area contributed by atoms with Crippen molar-refractivity contribution >= 4 is 17.5 Å². The number of rotatable bonds is 5. The number of aromatic nitrogens is 2. The Morgan fingerprint density at radius 2 is 1.97 bits per heavy atom. The number of hydrogen-bond acceptors (Lipinski definition) is 6. The number of ether oxygens (including phenoxy) is 2. The highest BCUT2D eigenvalue weighted by Crippen LogP contribution is 2.67. The summed E-state index contributed by atoms with van der Waals surface area (Å²) in [7, 11) is 0. The van der Waals surface area contributed by atoms with E-state index in [0.29, 0.717) is 48.2 Å². The maximum Gasteiger partial charge on any atom is 0.522 e. The van der Waals surface area contributed by atoms with Crippen LogP contribution in [0.15, 0.2) is 22.6 Å². The first-order chi connectivity index (χ1) is 15.1. The van der Waals surface area contributed by atoms with Crippen LogP contribution in [-0.2, 0) is 21.4 Å². The number of nitrogens with zero attached hydrogens (tertiary/aromatic N) is 2. The van der Waals surface area contributed by atoms with E-state index in [1.165, 1.54) is 0 Å². The van der Waals surface area contributed by atoms with E-state index in [9.17, 15) is 18.0 Å². The van der Waals surface area contributed by atoms with E-state index in [1.54, 1.807) is 12.1 Å². The van der Waals surface area contributed by atoms with E-state index in [-0.39, 0.29) is 35.6 Å². The lowest BCUT2D eigenvalue weighted by atomic mass is 9.39. The Morgan fingerprint density at radius 1 is 1.22 bits per heavy atom. The number of carbonyl (C=O) groups excluding carboxylic acids is 1. The molecule has 0 spiro atoms. The molecule has 2 heterocycles. The molecule has 7 rings (SSSR count). The molecule has 5 aliphatic rings. The molecule has 1 aliphatic heterocycles. The normalized spacial score (nSPS) is 34.6. The smallest absolute Gasteiger partial charge is 0.480 e. The molecule has 1 aromatic carbocycles. The number of fused-ring (bicyclic) bond motifs is 1. The summed E-state index contributed by atoms with van der Waals surface area (Å²) in [4.78, 5) is 12.7. The Labute approximate surface area is 185 Å². The fraction of sp³-hybridized carbons (Fsp3) is 0.571. The fourth-order valence-corrected chi connectivity index (χ4v) is 5.71.